The molecule has 3 rings (SSSR count). The van der Waals surface area contributed by atoms with Gasteiger partial charge in [0.25, 0.3) is 0 Å². The zero-order chi connectivity index (χ0) is 18.0. The molecule has 0 atom stereocenters. The van der Waals surface area contributed by atoms with Crippen molar-refractivity contribution in [3.05, 3.63) is 63.5 Å². The van der Waals surface area contributed by atoms with Gasteiger partial charge in [0.05, 0.1) is 11.4 Å². The summed E-state index contributed by atoms with van der Waals surface area (Å²) >= 11 is 6.77. The smallest absolute Gasteiger partial charge is 0.238 e. The molecular weight excluding hydrogens is 494 g/mol. The fourth-order valence-electron chi connectivity index (χ4n) is 2.14. The molecule has 0 bridgehead atoms. The molecule has 0 aliphatic heterocycles. The Labute approximate surface area is 166 Å². The highest BCUT2D eigenvalue weighted by Gasteiger charge is 2.13. The van der Waals surface area contributed by atoms with Crippen molar-refractivity contribution in [1.29, 1.82) is 0 Å². The van der Waals surface area contributed by atoms with Crippen molar-refractivity contribution in [2.45, 2.75) is 0 Å². The van der Waals surface area contributed by atoms with Crippen LogP contribution in [0.4, 0.5) is 5.95 Å². The minimum absolute atomic E-state index is 0.0895. The summed E-state index contributed by atoms with van der Waals surface area (Å²) in [6, 6.07) is 16.8. The predicted octanol–water partition coefficient (Wildman–Crippen LogP) is 5.23. The van der Waals surface area contributed by atoms with Crippen LogP contribution in [0, 0.1) is 0 Å². The monoisotopic (exact) mass is 501 g/mol. The Hall–Kier alpha value is -1.48. The SMILES string of the molecule is O=S(=O)(Cl)Nc1nc(-c2ccc(Br)cc2)cc(-c2ccc(Br)cc2)n1. The van der Waals surface area contributed by atoms with Gasteiger partial charge in [-0.3, -0.25) is 0 Å². The summed E-state index contributed by atoms with van der Waals surface area (Å²) in [6.45, 7) is 0. The molecule has 0 saturated carbocycles. The maximum atomic E-state index is 11.3. The van der Waals surface area contributed by atoms with E-state index in [1.165, 1.54) is 0 Å². The minimum Gasteiger partial charge on any atom is -0.238 e. The fourth-order valence-corrected chi connectivity index (χ4v) is 3.18. The lowest BCUT2D eigenvalue weighted by atomic mass is 10.1. The number of aromatic nitrogens is 2. The first kappa shape index (κ1) is 18.3. The Kier molecular flexibility index (Phi) is 5.43. The zero-order valence-corrected chi connectivity index (χ0v) is 17.2. The molecule has 2 aromatic carbocycles. The Morgan fingerprint density at radius 2 is 1.20 bits per heavy atom. The number of hydrogen-bond acceptors (Lipinski definition) is 4. The van der Waals surface area contributed by atoms with Gasteiger partial charge in [-0.1, -0.05) is 56.1 Å². The summed E-state index contributed by atoms with van der Waals surface area (Å²) in [4.78, 5) is 8.50. The highest BCUT2D eigenvalue weighted by Crippen LogP contribution is 2.27. The second kappa shape index (κ2) is 7.41. The van der Waals surface area contributed by atoms with Crippen molar-refractivity contribution in [3.63, 3.8) is 0 Å². The fraction of sp³-hybridized carbons (Fsp3) is 0. The van der Waals surface area contributed by atoms with Crippen LogP contribution >= 0.6 is 42.5 Å². The normalized spacial score (nSPS) is 11.3. The number of rotatable bonds is 4. The molecule has 1 heterocycles. The number of nitrogens with one attached hydrogen (secondary N) is 1. The van der Waals surface area contributed by atoms with E-state index in [1.807, 2.05) is 48.5 Å². The first-order valence-corrected chi connectivity index (χ1v) is 10.8. The van der Waals surface area contributed by atoms with E-state index in [0.717, 1.165) is 20.1 Å². The first-order chi connectivity index (χ1) is 11.8. The molecule has 25 heavy (non-hydrogen) atoms. The van der Waals surface area contributed by atoms with Crippen LogP contribution in [0.15, 0.2) is 63.5 Å². The van der Waals surface area contributed by atoms with Crippen molar-refractivity contribution in [2.75, 3.05) is 4.72 Å². The van der Waals surface area contributed by atoms with E-state index in [1.54, 1.807) is 6.07 Å². The van der Waals surface area contributed by atoms with E-state index in [9.17, 15) is 8.42 Å². The number of anilines is 1. The molecule has 1 N–H and O–H groups in total. The summed E-state index contributed by atoms with van der Waals surface area (Å²) in [6.07, 6.45) is 0. The van der Waals surface area contributed by atoms with Gasteiger partial charge in [0.15, 0.2) is 0 Å². The van der Waals surface area contributed by atoms with Crippen molar-refractivity contribution in [2.24, 2.45) is 0 Å². The Morgan fingerprint density at radius 1 is 0.800 bits per heavy atom. The number of halogens is 3. The molecule has 0 radical (unpaired) electrons. The molecule has 0 saturated heterocycles. The Morgan fingerprint density at radius 3 is 1.56 bits per heavy atom. The van der Waals surface area contributed by atoms with Crippen LogP contribution in [0.25, 0.3) is 22.5 Å². The maximum absolute atomic E-state index is 11.3. The minimum atomic E-state index is -4.01. The average molecular weight is 504 g/mol. The van der Waals surface area contributed by atoms with Crippen molar-refractivity contribution >= 4 is 57.7 Å². The maximum Gasteiger partial charge on any atom is 0.321 e. The van der Waals surface area contributed by atoms with E-state index in [2.05, 4.69) is 46.5 Å². The van der Waals surface area contributed by atoms with Crippen LogP contribution in [0.3, 0.4) is 0 Å². The standard InChI is InChI=1S/C16H10Br2ClN3O2S/c17-12-5-1-10(2-6-12)14-9-15(11-3-7-13(18)8-4-11)21-16(20-14)22-25(19,23)24/h1-9H,(H,20,21,22). The van der Waals surface area contributed by atoms with Gasteiger partial charge in [-0.2, -0.15) is 8.42 Å². The van der Waals surface area contributed by atoms with E-state index < -0.39 is 9.24 Å². The second-order valence-corrected chi connectivity index (χ2v) is 9.15. The Bertz CT molecular complexity index is 947. The number of benzene rings is 2. The molecule has 128 valence electrons. The molecule has 0 fully saturated rings. The van der Waals surface area contributed by atoms with Crippen LogP contribution in [0.2, 0.25) is 0 Å². The molecule has 0 amide bonds. The quantitative estimate of drug-likeness (QED) is 0.495. The second-order valence-electron chi connectivity index (χ2n) is 5.02. The van der Waals surface area contributed by atoms with E-state index >= 15 is 0 Å². The van der Waals surface area contributed by atoms with Crippen LogP contribution in [0.5, 0.6) is 0 Å². The highest BCUT2D eigenvalue weighted by molar-refractivity contribution is 9.10. The molecule has 1 aromatic heterocycles. The van der Waals surface area contributed by atoms with Crippen LogP contribution in [-0.2, 0) is 9.24 Å². The largest absolute Gasteiger partial charge is 0.321 e. The van der Waals surface area contributed by atoms with E-state index in [0.29, 0.717) is 11.4 Å². The topological polar surface area (TPSA) is 72.0 Å². The molecule has 3 aromatic rings. The van der Waals surface area contributed by atoms with Gasteiger partial charge in [-0.15, -0.1) is 0 Å². The highest BCUT2D eigenvalue weighted by atomic mass is 79.9. The van der Waals surface area contributed by atoms with Gasteiger partial charge in [0, 0.05) is 30.8 Å². The van der Waals surface area contributed by atoms with Gasteiger partial charge in [-0.25, -0.2) is 14.7 Å². The number of hydrogen-bond donors (Lipinski definition) is 1. The lowest BCUT2D eigenvalue weighted by Crippen LogP contribution is -2.09. The van der Waals surface area contributed by atoms with Crippen molar-refractivity contribution < 1.29 is 8.42 Å². The first-order valence-electron chi connectivity index (χ1n) is 6.93. The predicted molar refractivity (Wildman–Crippen MR) is 107 cm³/mol. The van der Waals surface area contributed by atoms with Crippen molar-refractivity contribution in [1.82, 2.24) is 9.97 Å². The molecular formula is C16H10Br2ClN3O2S. The summed E-state index contributed by atoms with van der Waals surface area (Å²) in [5.74, 6) is -0.0895. The Balaban J connectivity index is 2.14. The molecule has 0 spiro atoms. The molecule has 0 aliphatic rings. The molecule has 9 heteroatoms. The average Bonchev–Trinajstić information content (AvgIpc) is 2.54. The molecule has 0 aliphatic carbocycles. The number of nitrogens with zero attached hydrogens (tertiary/aromatic N) is 2. The summed E-state index contributed by atoms with van der Waals surface area (Å²) in [5.41, 5.74) is 2.78. The van der Waals surface area contributed by atoms with Gasteiger partial charge >= 0.3 is 9.24 Å². The van der Waals surface area contributed by atoms with Crippen LogP contribution < -0.4 is 4.72 Å². The molecule has 5 nitrogen and oxygen atoms in total. The van der Waals surface area contributed by atoms with Gasteiger partial charge in [0.1, 0.15) is 0 Å². The van der Waals surface area contributed by atoms with E-state index in [4.69, 9.17) is 10.7 Å². The van der Waals surface area contributed by atoms with Gasteiger partial charge < -0.3 is 0 Å². The third-order valence-corrected chi connectivity index (χ3v) is 4.93. The third-order valence-electron chi connectivity index (χ3n) is 3.22. The lowest BCUT2D eigenvalue weighted by Gasteiger charge is -2.09. The summed E-state index contributed by atoms with van der Waals surface area (Å²) in [7, 11) is 1.27. The van der Waals surface area contributed by atoms with Crippen molar-refractivity contribution in [3.8, 4) is 22.5 Å². The third kappa shape index (κ3) is 5.01. The summed E-state index contributed by atoms with van der Waals surface area (Å²) in [5, 5.41) is 0. The van der Waals surface area contributed by atoms with Gasteiger partial charge in [-0.05, 0) is 30.3 Å². The van der Waals surface area contributed by atoms with E-state index in [-0.39, 0.29) is 5.95 Å². The van der Waals surface area contributed by atoms with Crippen LogP contribution in [0.1, 0.15) is 0 Å². The summed E-state index contributed by atoms with van der Waals surface area (Å²) < 4.78 is 26.7. The molecule has 0 unspecified atom stereocenters. The lowest BCUT2D eigenvalue weighted by molar-refractivity contribution is 0.614. The zero-order valence-electron chi connectivity index (χ0n) is 12.4. The van der Waals surface area contributed by atoms with Gasteiger partial charge in [0.2, 0.25) is 5.95 Å². The van der Waals surface area contributed by atoms with Crippen LogP contribution in [-0.4, -0.2) is 18.4 Å².